The van der Waals surface area contributed by atoms with Crippen LogP contribution in [0.4, 0.5) is 4.39 Å². The van der Waals surface area contributed by atoms with Crippen molar-refractivity contribution in [2.75, 3.05) is 6.61 Å². The standard InChI is InChI=1S/C18H17FO4S/c1-12-2-8-16(9-3-12)24(21,22)17(10-15-11-23-15)18(20)13-4-6-14(19)7-5-13/h2-10,15,18,20H,11H2,1H3/b17-10+/t15-,18-/m0/s1. The Hall–Kier alpha value is -2.02. The van der Waals surface area contributed by atoms with Crippen molar-refractivity contribution in [2.24, 2.45) is 0 Å². The van der Waals surface area contributed by atoms with Gasteiger partial charge in [-0.2, -0.15) is 0 Å². The minimum absolute atomic E-state index is 0.0983. The number of sulfone groups is 1. The molecule has 1 heterocycles. The topological polar surface area (TPSA) is 66.9 Å². The van der Waals surface area contributed by atoms with E-state index in [1.807, 2.05) is 6.92 Å². The number of hydrogen-bond donors (Lipinski definition) is 1. The van der Waals surface area contributed by atoms with Crippen molar-refractivity contribution in [1.29, 1.82) is 0 Å². The van der Waals surface area contributed by atoms with Crippen LogP contribution in [0.2, 0.25) is 0 Å². The van der Waals surface area contributed by atoms with Gasteiger partial charge in [-0.1, -0.05) is 29.8 Å². The summed E-state index contributed by atoms with van der Waals surface area (Å²) in [7, 11) is -3.89. The van der Waals surface area contributed by atoms with E-state index in [2.05, 4.69) is 0 Å². The van der Waals surface area contributed by atoms with E-state index in [4.69, 9.17) is 4.74 Å². The summed E-state index contributed by atoms with van der Waals surface area (Å²) in [5, 5.41) is 10.6. The Labute approximate surface area is 140 Å². The Morgan fingerprint density at radius 2 is 1.79 bits per heavy atom. The van der Waals surface area contributed by atoms with E-state index < -0.39 is 21.8 Å². The summed E-state index contributed by atoms with van der Waals surface area (Å²) in [6.07, 6.45) is -0.292. The molecule has 2 aromatic rings. The van der Waals surface area contributed by atoms with Crippen molar-refractivity contribution in [3.63, 3.8) is 0 Å². The van der Waals surface area contributed by atoms with Gasteiger partial charge in [0.2, 0.25) is 9.84 Å². The van der Waals surface area contributed by atoms with Crippen LogP contribution >= 0.6 is 0 Å². The molecule has 4 nitrogen and oxygen atoms in total. The first-order valence-corrected chi connectivity index (χ1v) is 8.95. The van der Waals surface area contributed by atoms with Crippen LogP contribution in [0.1, 0.15) is 17.2 Å². The lowest BCUT2D eigenvalue weighted by molar-refractivity contribution is 0.222. The van der Waals surface area contributed by atoms with Gasteiger partial charge in [-0.3, -0.25) is 0 Å². The summed E-state index contributed by atoms with van der Waals surface area (Å²) < 4.78 is 44.0. The molecule has 1 saturated heterocycles. The van der Waals surface area contributed by atoms with Crippen molar-refractivity contribution >= 4 is 9.84 Å². The molecule has 24 heavy (non-hydrogen) atoms. The molecule has 6 heteroatoms. The van der Waals surface area contributed by atoms with E-state index in [1.54, 1.807) is 12.1 Å². The van der Waals surface area contributed by atoms with Crippen LogP contribution < -0.4 is 0 Å². The van der Waals surface area contributed by atoms with Crippen LogP contribution in [0.3, 0.4) is 0 Å². The molecule has 0 saturated carbocycles. The average Bonchev–Trinajstić information content (AvgIpc) is 3.37. The van der Waals surface area contributed by atoms with Crippen LogP contribution in [-0.4, -0.2) is 26.2 Å². The third-order valence-electron chi connectivity index (χ3n) is 3.81. The average molecular weight is 348 g/mol. The molecule has 3 rings (SSSR count). The van der Waals surface area contributed by atoms with E-state index in [9.17, 15) is 17.9 Å². The lowest BCUT2D eigenvalue weighted by Gasteiger charge is -2.16. The maximum absolute atomic E-state index is 13.1. The Bertz CT molecular complexity index is 851. The van der Waals surface area contributed by atoms with Crippen LogP contribution in [0, 0.1) is 12.7 Å². The van der Waals surface area contributed by atoms with Gasteiger partial charge in [0.15, 0.2) is 0 Å². The van der Waals surface area contributed by atoms with Crippen LogP contribution in [-0.2, 0) is 14.6 Å². The van der Waals surface area contributed by atoms with Gasteiger partial charge < -0.3 is 9.84 Å². The molecular weight excluding hydrogens is 331 g/mol. The predicted octanol–water partition coefficient (Wildman–Crippen LogP) is 2.92. The van der Waals surface area contributed by atoms with Crippen molar-refractivity contribution in [2.45, 2.75) is 24.0 Å². The molecule has 2 aromatic carbocycles. The zero-order chi connectivity index (χ0) is 17.3. The minimum atomic E-state index is -3.89. The molecular formula is C18H17FO4S. The van der Waals surface area contributed by atoms with E-state index in [1.165, 1.54) is 42.5 Å². The monoisotopic (exact) mass is 348 g/mol. The van der Waals surface area contributed by atoms with Gasteiger partial charge in [0.05, 0.1) is 16.4 Å². The van der Waals surface area contributed by atoms with Crippen LogP contribution in [0.25, 0.3) is 0 Å². The molecule has 0 aromatic heterocycles. The van der Waals surface area contributed by atoms with E-state index in [-0.39, 0.29) is 15.9 Å². The highest BCUT2D eigenvalue weighted by Gasteiger charge is 2.32. The number of aliphatic hydroxyl groups is 1. The van der Waals surface area contributed by atoms with E-state index >= 15 is 0 Å². The predicted molar refractivity (Wildman–Crippen MR) is 87.5 cm³/mol. The van der Waals surface area contributed by atoms with Gasteiger partial charge in [-0.05, 0) is 42.8 Å². The van der Waals surface area contributed by atoms with Gasteiger partial charge >= 0.3 is 0 Å². The summed E-state index contributed by atoms with van der Waals surface area (Å²) in [6, 6.07) is 11.5. The SMILES string of the molecule is Cc1ccc(S(=O)(=O)/C(=C/[C@H]2CO2)[C@@H](O)c2ccc(F)cc2)cc1. The van der Waals surface area contributed by atoms with Gasteiger partial charge in [-0.25, -0.2) is 12.8 Å². The quantitative estimate of drug-likeness (QED) is 0.844. The third kappa shape index (κ3) is 3.56. The largest absolute Gasteiger partial charge is 0.383 e. The summed E-state index contributed by atoms with van der Waals surface area (Å²) in [5.74, 6) is -0.455. The van der Waals surface area contributed by atoms with Crippen molar-refractivity contribution in [1.82, 2.24) is 0 Å². The van der Waals surface area contributed by atoms with E-state index in [0.29, 0.717) is 12.2 Å². The van der Waals surface area contributed by atoms with Gasteiger partial charge in [-0.15, -0.1) is 0 Å². The molecule has 1 fully saturated rings. The van der Waals surface area contributed by atoms with Crippen LogP contribution in [0.15, 0.2) is 64.4 Å². The maximum Gasteiger partial charge on any atom is 0.205 e. The van der Waals surface area contributed by atoms with Gasteiger partial charge in [0.1, 0.15) is 18.0 Å². The lowest BCUT2D eigenvalue weighted by atomic mass is 10.1. The van der Waals surface area contributed by atoms with Crippen LogP contribution in [0.5, 0.6) is 0 Å². The molecule has 0 unspecified atom stereocenters. The Morgan fingerprint density at radius 3 is 2.33 bits per heavy atom. The van der Waals surface area contributed by atoms with Gasteiger partial charge in [0.25, 0.3) is 0 Å². The molecule has 2 atom stereocenters. The number of benzene rings is 2. The van der Waals surface area contributed by atoms with Gasteiger partial charge in [0, 0.05) is 0 Å². The summed E-state index contributed by atoms with van der Waals surface area (Å²) in [4.78, 5) is -0.0541. The molecule has 0 radical (unpaired) electrons. The third-order valence-corrected chi connectivity index (χ3v) is 5.68. The first kappa shape index (κ1) is 16.8. The minimum Gasteiger partial charge on any atom is -0.383 e. The second-order valence-corrected chi connectivity index (χ2v) is 7.66. The van der Waals surface area contributed by atoms with Crippen molar-refractivity contribution < 1.29 is 22.7 Å². The van der Waals surface area contributed by atoms with E-state index in [0.717, 1.165) is 5.56 Å². The molecule has 0 spiro atoms. The molecule has 0 bridgehead atoms. The van der Waals surface area contributed by atoms with Crippen molar-refractivity contribution in [3.05, 3.63) is 76.5 Å². The second-order valence-electron chi connectivity index (χ2n) is 5.71. The highest BCUT2D eigenvalue weighted by atomic mass is 32.2. The molecule has 126 valence electrons. The zero-order valence-corrected chi connectivity index (χ0v) is 13.8. The Balaban J connectivity index is 2.03. The number of epoxide rings is 1. The van der Waals surface area contributed by atoms with Crippen molar-refractivity contribution in [3.8, 4) is 0 Å². The maximum atomic E-state index is 13.1. The zero-order valence-electron chi connectivity index (χ0n) is 13.0. The number of halogens is 1. The first-order valence-electron chi connectivity index (χ1n) is 7.46. The Kier molecular flexibility index (Phi) is 4.54. The fourth-order valence-corrected chi connectivity index (χ4v) is 3.85. The number of aliphatic hydroxyl groups excluding tert-OH is 1. The number of rotatable bonds is 5. The first-order chi connectivity index (χ1) is 11.4. The fourth-order valence-electron chi connectivity index (χ4n) is 2.33. The fraction of sp³-hybridized carbons (Fsp3) is 0.222. The summed E-state index contributed by atoms with van der Waals surface area (Å²) in [5.41, 5.74) is 1.24. The highest BCUT2D eigenvalue weighted by Crippen LogP contribution is 2.33. The number of aryl methyl sites for hydroxylation is 1. The Morgan fingerprint density at radius 1 is 1.21 bits per heavy atom. The molecule has 1 aliphatic heterocycles. The second kappa shape index (κ2) is 6.47. The molecule has 0 amide bonds. The molecule has 0 aliphatic carbocycles. The lowest BCUT2D eigenvalue weighted by Crippen LogP contribution is -2.14. The number of ether oxygens (including phenoxy) is 1. The normalized spacial score (nSPS) is 19.1. The smallest absolute Gasteiger partial charge is 0.205 e. The molecule has 1 N–H and O–H groups in total. The molecule has 1 aliphatic rings. The summed E-state index contributed by atoms with van der Waals surface area (Å²) in [6.45, 7) is 2.28. The summed E-state index contributed by atoms with van der Waals surface area (Å²) >= 11 is 0. The number of hydrogen-bond acceptors (Lipinski definition) is 4. The highest BCUT2D eigenvalue weighted by molar-refractivity contribution is 7.95.